The van der Waals surface area contributed by atoms with Crippen LogP contribution in [0.2, 0.25) is 10.0 Å². The number of hydrogen-bond donors (Lipinski definition) is 2. The minimum absolute atomic E-state index is 0.0949. The summed E-state index contributed by atoms with van der Waals surface area (Å²) in [5.41, 5.74) is 11.0. The van der Waals surface area contributed by atoms with E-state index in [0.29, 0.717) is 22.1 Å². The molecule has 8 heterocycles. The number of aromatic hydroxyl groups is 1. The second-order valence-electron chi connectivity index (χ2n) is 18.1. The van der Waals surface area contributed by atoms with Crippen molar-refractivity contribution < 1.29 is 19.0 Å². The van der Waals surface area contributed by atoms with Gasteiger partial charge < -0.3 is 24.5 Å². The number of fused-ring (bicyclic) bond motifs is 3. The van der Waals surface area contributed by atoms with Gasteiger partial charge in [-0.2, -0.15) is 0 Å². The SMILES string of the molecule is CC(C)OCCc1ccccn1.CN(C)Cc1c[nH]c2ccccc12.Clc1cccnc1.Fc1cccnc1.Oc1cncc(Cl)c1.c1c2c(nc3c1CCCC3)CCCC2.c1cc(C2CCOCC2)ccn1. The van der Waals surface area contributed by atoms with Crippen LogP contribution in [-0.2, 0) is 48.1 Å². The van der Waals surface area contributed by atoms with E-state index in [2.05, 4.69) is 97.6 Å². The molecule has 7 aromatic heterocycles. The van der Waals surface area contributed by atoms with Crippen molar-refractivity contribution in [1.82, 2.24) is 39.8 Å². The number of hydrogen-bond acceptors (Lipinski definition) is 10. The van der Waals surface area contributed by atoms with Gasteiger partial charge in [0.15, 0.2) is 0 Å². The van der Waals surface area contributed by atoms with E-state index in [-0.39, 0.29) is 11.6 Å². The molecule has 2 aliphatic carbocycles. The number of H-pyrrole nitrogens is 1. The van der Waals surface area contributed by atoms with Gasteiger partial charge in [-0.1, -0.05) is 53.5 Å². The molecule has 1 aromatic carbocycles. The molecule has 1 aliphatic heterocycles. The summed E-state index contributed by atoms with van der Waals surface area (Å²) >= 11 is 10.9. The molecule has 0 atom stereocenters. The van der Waals surface area contributed by atoms with Crippen LogP contribution in [-0.4, -0.2) is 84.9 Å². The van der Waals surface area contributed by atoms with E-state index in [1.807, 2.05) is 50.6 Å². The number of rotatable bonds is 7. The number of pyridine rings is 6. The number of ether oxygens (including phenoxy) is 2. The second-order valence-corrected chi connectivity index (χ2v) is 18.9. The number of nitrogens with one attached hydrogen (secondary N) is 1. The van der Waals surface area contributed by atoms with Crippen LogP contribution in [0.1, 0.15) is 97.6 Å². The lowest BCUT2D eigenvalue weighted by atomic mass is 9.89. The minimum atomic E-state index is -0.289. The molecule has 2 N–H and O–H groups in total. The maximum Gasteiger partial charge on any atom is 0.141 e. The van der Waals surface area contributed by atoms with Gasteiger partial charge in [-0.15, -0.1) is 0 Å². The van der Waals surface area contributed by atoms with E-state index >= 15 is 0 Å². The molecule has 0 saturated carbocycles. The number of aryl methyl sites for hydroxylation is 4. The molecule has 1 fully saturated rings. The maximum absolute atomic E-state index is 11.8. The fourth-order valence-corrected chi connectivity index (χ4v) is 8.36. The zero-order valence-corrected chi connectivity index (χ0v) is 44.2. The summed E-state index contributed by atoms with van der Waals surface area (Å²) in [7, 11) is 4.17. The second kappa shape index (κ2) is 33.6. The van der Waals surface area contributed by atoms with Gasteiger partial charge in [0.05, 0.1) is 35.1 Å². The van der Waals surface area contributed by atoms with Crippen molar-refractivity contribution in [2.45, 2.75) is 103 Å². The highest BCUT2D eigenvalue weighted by Gasteiger charge is 2.17. The molecule has 8 aromatic rings. The number of halogens is 3. The molecule has 0 amide bonds. The Morgan fingerprint density at radius 2 is 1.37 bits per heavy atom. The van der Waals surface area contributed by atoms with Gasteiger partial charge in [0.1, 0.15) is 11.6 Å². The summed E-state index contributed by atoms with van der Waals surface area (Å²) in [5.74, 6) is 0.502. The summed E-state index contributed by atoms with van der Waals surface area (Å²) < 4.78 is 22.6. The predicted molar refractivity (Wildman–Crippen MR) is 294 cm³/mol. The van der Waals surface area contributed by atoms with Gasteiger partial charge in [0, 0.05) is 110 Å². The van der Waals surface area contributed by atoms with Crippen molar-refractivity contribution in [3.8, 4) is 5.75 Å². The van der Waals surface area contributed by atoms with E-state index < -0.39 is 0 Å². The monoisotopic (exact) mass is 1030 g/mol. The van der Waals surface area contributed by atoms with Crippen LogP contribution in [0.15, 0.2) is 153 Å². The molecule has 386 valence electrons. The van der Waals surface area contributed by atoms with E-state index in [0.717, 1.165) is 51.3 Å². The maximum atomic E-state index is 11.8. The number of para-hydroxylation sites is 1. The zero-order chi connectivity index (χ0) is 51.9. The van der Waals surface area contributed by atoms with Crippen molar-refractivity contribution in [2.75, 3.05) is 33.9 Å². The van der Waals surface area contributed by atoms with Crippen molar-refractivity contribution in [3.05, 3.63) is 208 Å². The largest absolute Gasteiger partial charge is 0.506 e. The predicted octanol–water partition coefficient (Wildman–Crippen LogP) is 13.5. The van der Waals surface area contributed by atoms with Gasteiger partial charge in [-0.05, 0) is 175 Å². The molecule has 11 rings (SSSR count). The standard InChI is InChI=1S/C13H17N.C11H14N2.C10H13NO.C10H15NO.C5H4ClNO.C5H4ClN.C5H4FN/c1-3-7-12-10(5-1)9-11-6-2-4-8-13(11)14-12;1-13(2)8-9-7-12-11-6-4-3-5-10(9)11;1-5-11-6-2-9(1)10-3-7-12-8-4-10;1-9(2)12-8-6-10-5-3-4-7-11-10;6-4-1-5(8)3-7-2-4;2*6-5-2-1-3-7-4-5/h9H,1-8H2;3-7,12H,8H2,1-2H3;1-2,5-6,10H,3-4,7-8H2;3-5,7,9H,6,8H2,1-2H3;1-3,8H;2*1-4H. The number of benzene rings is 1. The van der Waals surface area contributed by atoms with Crippen LogP contribution in [0.3, 0.4) is 0 Å². The Balaban J connectivity index is 0.000000160. The average molecular weight is 1030 g/mol. The Hall–Kier alpha value is -6.15. The van der Waals surface area contributed by atoms with Crippen molar-refractivity contribution in [2.24, 2.45) is 0 Å². The van der Waals surface area contributed by atoms with Crippen LogP contribution in [0.5, 0.6) is 5.75 Å². The highest BCUT2D eigenvalue weighted by atomic mass is 35.5. The number of aromatic amines is 1. The van der Waals surface area contributed by atoms with Gasteiger partial charge in [-0.3, -0.25) is 29.9 Å². The highest BCUT2D eigenvalue weighted by molar-refractivity contribution is 6.30. The molecular formula is C59H71Cl2FN8O3. The van der Waals surface area contributed by atoms with E-state index in [1.165, 1.54) is 122 Å². The molecule has 0 bridgehead atoms. The Morgan fingerprint density at radius 1 is 0.712 bits per heavy atom. The summed E-state index contributed by atoms with van der Waals surface area (Å²) in [4.78, 5) is 29.4. The first-order valence-electron chi connectivity index (χ1n) is 25.1. The highest BCUT2D eigenvalue weighted by Crippen LogP contribution is 2.27. The van der Waals surface area contributed by atoms with Crippen molar-refractivity contribution >= 4 is 34.1 Å². The fourth-order valence-electron chi connectivity index (χ4n) is 8.06. The topological polar surface area (TPSA) is 135 Å². The van der Waals surface area contributed by atoms with Gasteiger partial charge in [-0.25, -0.2) is 4.39 Å². The molecule has 0 radical (unpaired) electrons. The minimum Gasteiger partial charge on any atom is -0.506 e. The van der Waals surface area contributed by atoms with Crippen LogP contribution >= 0.6 is 23.2 Å². The Bertz CT molecular complexity index is 2580. The summed E-state index contributed by atoms with van der Waals surface area (Å²) in [6.07, 6.45) is 30.4. The fraction of sp³-hybridized carbons (Fsp3) is 0.356. The number of aromatic nitrogens is 7. The molecular weight excluding hydrogens is 959 g/mol. The first-order valence-corrected chi connectivity index (χ1v) is 25.9. The van der Waals surface area contributed by atoms with Crippen LogP contribution < -0.4 is 0 Å². The average Bonchev–Trinajstić information content (AvgIpc) is 3.82. The van der Waals surface area contributed by atoms with Gasteiger partial charge in [0.25, 0.3) is 0 Å². The third-order valence-corrected chi connectivity index (χ3v) is 12.0. The summed E-state index contributed by atoms with van der Waals surface area (Å²) in [5, 5.41) is 11.1. The third kappa shape index (κ3) is 23.1. The van der Waals surface area contributed by atoms with Crippen LogP contribution in [0.25, 0.3) is 10.9 Å². The van der Waals surface area contributed by atoms with Gasteiger partial charge >= 0.3 is 0 Å². The van der Waals surface area contributed by atoms with Gasteiger partial charge in [0.2, 0.25) is 0 Å². The molecule has 14 heteroatoms. The Kier molecular flexibility index (Phi) is 26.5. The number of nitrogens with zero attached hydrogens (tertiary/aromatic N) is 7. The van der Waals surface area contributed by atoms with Crippen molar-refractivity contribution in [1.29, 1.82) is 0 Å². The Morgan fingerprint density at radius 3 is 1.90 bits per heavy atom. The Labute approximate surface area is 441 Å². The summed E-state index contributed by atoms with van der Waals surface area (Å²) in [6.45, 7) is 7.65. The molecule has 1 saturated heterocycles. The molecule has 0 spiro atoms. The molecule has 11 nitrogen and oxygen atoms in total. The zero-order valence-electron chi connectivity index (χ0n) is 42.7. The van der Waals surface area contributed by atoms with E-state index in [1.54, 1.807) is 41.7 Å². The summed E-state index contributed by atoms with van der Waals surface area (Å²) in [6, 6.07) is 28.9. The molecule has 0 unspecified atom stereocenters. The third-order valence-electron chi connectivity index (χ3n) is 11.6. The van der Waals surface area contributed by atoms with Crippen molar-refractivity contribution in [3.63, 3.8) is 0 Å². The first-order chi connectivity index (χ1) is 35.5. The quantitative estimate of drug-likeness (QED) is 0.159. The molecule has 3 aliphatic rings. The normalized spacial score (nSPS) is 13.4. The van der Waals surface area contributed by atoms with Crippen LogP contribution in [0, 0.1) is 5.82 Å². The lowest BCUT2D eigenvalue weighted by Crippen LogP contribution is -2.13. The van der Waals surface area contributed by atoms with Crippen LogP contribution in [0.4, 0.5) is 4.39 Å². The van der Waals surface area contributed by atoms with E-state index in [9.17, 15) is 4.39 Å². The lowest BCUT2D eigenvalue weighted by molar-refractivity contribution is 0.0809. The first kappa shape index (κ1) is 57.7. The van der Waals surface area contributed by atoms with E-state index in [4.69, 9.17) is 42.8 Å². The molecule has 73 heavy (non-hydrogen) atoms. The lowest BCUT2D eigenvalue weighted by Gasteiger charge is -2.21. The smallest absolute Gasteiger partial charge is 0.141 e.